The highest BCUT2D eigenvalue weighted by Gasteiger charge is 2.31. The zero-order valence-corrected chi connectivity index (χ0v) is 13.9. The monoisotopic (exact) mass is 384 g/mol. The van der Waals surface area contributed by atoms with E-state index in [9.17, 15) is 27.9 Å². The van der Waals surface area contributed by atoms with Crippen LogP contribution in [0.2, 0.25) is 0 Å². The number of nitrogens with one attached hydrogen (secondary N) is 1. The first-order valence-corrected chi connectivity index (χ1v) is 8.01. The van der Waals surface area contributed by atoms with Crippen LogP contribution in [0.1, 0.15) is 10.4 Å². The number of hydrogen-bond donors (Lipinski definition) is 2. The Bertz CT molecular complexity index is 1040. The molecule has 0 aliphatic heterocycles. The molecule has 0 aliphatic carbocycles. The largest absolute Gasteiger partial charge is 0.573 e. The lowest BCUT2D eigenvalue weighted by molar-refractivity contribution is -0.274. The van der Waals surface area contributed by atoms with E-state index >= 15 is 0 Å². The molecule has 2 N–H and O–H groups in total. The van der Waals surface area contributed by atoms with Crippen molar-refractivity contribution in [3.63, 3.8) is 0 Å². The number of nitrogens with zero attached hydrogens (tertiary/aromatic N) is 1. The van der Waals surface area contributed by atoms with Gasteiger partial charge in [0, 0.05) is 12.7 Å². The fourth-order valence-electron chi connectivity index (χ4n) is 2.37. The third-order valence-corrected chi connectivity index (χ3v) is 4.46. The first-order chi connectivity index (χ1) is 12.2. The van der Waals surface area contributed by atoms with E-state index in [0.29, 0.717) is 10.2 Å². The minimum absolute atomic E-state index is 0.136. The SMILES string of the molecule is Cn1c(=O)c(C(=O)Nc2ccc(OC(F)(F)F)cc2)c(O)c2sccc21. The Morgan fingerprint density at radius 1 is 1.23 bits per heavy atom. The Morgan fingerprint density at radius 3 is 2.50 bits per heavy atom. The smallest absolute Gasteiger partial charge is 0.505 e. The Balaban J connectivity index is 1.89. The number of carbonyl (C=O) groups excluding carboxylic acids is 1. The molecule has 0 spiro atoms. The van der Waals surface area contributed by atoms with Gasteiger partial charge in [-0.1, -0.05) is 0 Å². The van der Waals surface area contributed by atoms with Gasteiger partial charge in [0.1, 0.15) is 11.3 Å². The van der Waals surface area contributed by atoms with Crippen molar-refractivity contribution in [3.05, 3.63) is 51.6 Å². The molecule has 26 heavy (non-hydrogen) atoms. The van der Waals surface area contributed by atoms with Gasteiger partial charge >= 0.3 is 6.36 Å². The Morgan fingerprint density at radius 2 is 1.88 bits per heavy atom. The highest BCUT2D eigenvalue weighted by Crippen LogP contribution is 2.31. The number of pyridine rings is 1. The summed E-state index contributed by atoms with van der Waals surface area (Å²) in [5.74, 6) is -1.76. The second-order valence-corrected chi connectivity index (χ2v) is 6.17. The topological polar surface area (TPSA) is 80.6 Å². The van der Waals surface area contributed by atoms with E-state index in [4.69, 9.17) is 0 Å². The Hall–Kier alpha value is -3.01. The summed E-state index contributed by atoms with van der Waals surface area (Å²) in [6.07, 6.45) is -4.82. The van der Waals surface area contributed by atoms with Crippen LogP contribution in [0.5, 0.6) is 11.5 Å². The second kappa shape index (κ2) is 6.37. The number of thiophene rings is 1. The van der Waals surface area contributed by atoms with E-state index in [1.54, 1.807) is 11.4 Å². The van der Waals surface area contributed by atoms with Gasteiger partial charge in [0.25, 0.3) is 11.5 Å². The molecule has 2 heterocycles. The number of benzene rings is 1. The predicted octanol–water partition coefficient (Wildman–Crippen LogP) is 3.46. The van der Waals surface area contributed by atoms with Crippen molar-refractivity contribution in [2.75, 3.05) is 5.32 Å². The number of rotatable bonds is 3. The van der Waals surface area contributed by atoms with Crippen molar-refractivity contribution < 1.29 is 27.8 Å². The third-order valence-electron chi connectivity index (χ3n) is 3.55. The number of fused-ring (bicyclic) bond motifs is 1. The minimum Gasteiger partial charge on any atom is -0.505 e. The zero-order chi connectivity index (χ0) is 19.1. The maximum Gasteiger partial charge on any atom is 0.573 e. The first kappa shape index (κ1) is 17.8. The molecule has 1 amide bonds. The van der Waals surface area contributed by atoms with Crippen LogP contribution in [0.25, 0.3) is 10.2 Å². The number of aryl methyl sites for hydroxylation is 1. The molecular formula is C16H11F3N2O4S. The predicted molar refractivity (Wildman–Crippen MR) is 89.8 cm³/mol. The van der Waals surface area contributed by atoms with Gasteiger partial charge < -0.3 is 19.7 Å². The number of alkyl halides is 3. The molecule has 0 fully saturated rings. The molecule has 1 aromatic carbocycles. The van der Waals surface area contributed by atoms with Crippen LogP contribution >= 0.6 is 11.3 Å². The highest BCUT2D eigenvalue weighted by atomic mass is 32.1. The maximum absolute atomic E-state index is 12.4. The van der Waals surface area contributed by atoms with Gasteiger partial charge in [0.15, 0.2) is 5.75 Å². The van der Waals surface area contributed by atoms with Gasteiger partial charge in [0.05, 0.1) is 10.2 Å². The van der Waals surface area contributed by atoms with Crippen LogP contribution in [-0.4, -0.2) is 21.9 Å². The molecule has 6 nitrogen and oxygen atoms in total. The molecule has 10 heteroatoms. The highest BCUT2D eigenvalue weighted by molar-refractivity contribution is 7.17. The van der Waals surface area contributed by atoms with E-state index in [-0.39, 0.29) is 5.69 Å². The molecule has 136 valence electrons. The number of carbonyl (C=O) groups is 1. The number of ether oxygens (including phenoxy) is 1. The fraction of sp³-hybridized carbons (Fsp3) is 0.125. The summed E-state index contributed by atoms with van der Waals surface area (Å²) in [4.78, 5) is 24.7. The third kappa shape index (κ3) is 3.36. The first-order valence-electron chi connectivity index (χ1n) is 7.13. The number of anilines is 1. The van der Waals surface area contributed by atoms with E-state index in [2.05, 4.69) is 10.1 Å². The van der Waals surface area contributed by atoms with Gasteiger partial charge in [-0.05, 0) is 35.7 Å². The van der Waals surface area contributed by atoms with Crippen molar-refractivity contribution in [1.82, 2.24) is 4.57 Å². The zero-order valence-electron chi connectivity index (χ0n) is 13.1. The van der Waals surface area contributed by atoms with Crippen LogP contribution in [0, 0.1) is 0 Å². The standard InChI is InChI=1S/C16H11F3N2O4S/c1-21-10-6-7-26-13(10)12(22)11(15(21)24)14(23)20-8-2-4-9(5-3-8)25-16(17,18)19/h2-7,22H,1H3,(H,20,23). The molecule has 0 saturated carbocycles. The number of hydrogen-bond acceptors (Lipinski definition) is 5. The average Bonchev–Trinajstić information content (AvgIpc) is 3.03. The van der Waals surface area contributed by atoms with Crippen LogP contribution < -0.4 is 15.6 Å². The summed E-state index contributed by atoms with van der Waals surface area (Å²) in [7, 11) is 1.47. The fourth-order valence-corrected chi connectivity index (χ4v) is 3.25. The summed E-state index contributed by atoms with van der Waals surface area (Å²) in [6.45, 7) is 0. The van der Waals surface area contributed by atoms with Gasteiger partial charge in [-0.25, -0.2) is 0 Å². The summed E-state index contributed by atoms with van der Waals surface area (Å²) in [5, 5.41) is 14.3. The lowest BCUT2D eigenvalue weighted by atomic mass is 10.2. The molecule has 0 radical (unpaired) electrons. The number of aromatic nitrogens is 1. The molecule has 2 aromatic heterocycles. The molecule has 0 saturated heterocycles. The van der Waals surface area contributed by atoms with E-state index in [0.717, 1.165) is 12.1 Å². The van der Waals surface area contributed by atoms with E-state index in [1.807, 2.05) is 0 Å². The van der Waals surface area contributed by atoms with Crippen LogP contribution in [0.3, 0.4) is 0 Å². The van der Waals surface area contributed by atoms with Crippen molar-refractivity contribution in [2.45, 2.75) is 6.36 Å². The van der Waals surface area contributed by atoms with Gasteiger partial charge in [0.2, 0.25) is 0 Å². The molecule has 0 atom stereocenters. The maximum atomic E-state index is 12.4. The van der Waals surface area contributed by atoms with Gasteiger partial charge in [-0.3, -0.25) is 9.59 Å². The van der Waals surface area contributed by atoms with Crippen molar-refractivity contribution in [3.8, 4) is 11.5 Å². The molecule has 0 aliphatic rings. The summed E-state index contributed by atoms with van der Waals surface area (Å²) < 4.78 is 41.8. The number of aromatic hydroxyl groups is 1. The molecule has 0 bridgehead atoms. The molecule has 3 rings (SSSR count). The summed E-state index contributed by atoms with van der Waals surface area (Å²) >= 11 is 1.17. The van der Waals surface area contributed by atoms with Crippen molar-refractivity contribution in [1.29, 1.82) is 0 Å². The lowest BCUT2D eigenvalue weighted by Crippen LogP contribution is -2.27. The number of halogens is 3. The van der Waals surface area contributed by atoms with Crippen LogP contribution in [0.4, 0.5) is 18.9 Å². The lowest BCUT2D eigenvalue weighted by Gasteiger charge is -2.11. The Labute approximate surface area is 148 Å². The quantitative estimate of drug-likeness (QED) is 0.725. The molecular weight excluding hydrogens is 373 g/mol. The summed E-state index contributed by atoms with van der Waals surface area (Å²) in [5.41, 5.74) is -0.513. The normalized spacial score (nSPS) is 11.5. The van der Waals surface area contributed by atoms with Crippen molar-refractivity contribution in [2.24, 2.45) is 7.05 Å². The Kier molecular flexibility index (Phi) is 4.36. The molecule has 3 aromatic rings. The van der Waals surface area contributed by atoms with Crippen molar-refractivity contribution >= 4 is 33.1 Å². The van der Waals surface area contributed by atoms with Gasteiger partial charge in [-0.2, -0.15) is 0 Å². The summed E-state index contributed by atoms with van der Waals surface area (Å²) in [6, 6.07) is 6.05. The van der Waals surface area contributed by atoms with Gasteiger partial charge in [-0.15, -0.1) is 24.5 Å². The molecule has 0 unspecified atom stereocenters. The van der Waals surface area contributed by atoms with Crippen LogP contribution in [-0.2, 0) is 7.05 Å². The second-order valence-electron chi connectivity index (χ2n) is 5.25. The average molecular weight is 384 g/mol. The van der Waals surface area contributed by atoms with E-state index < -0.39 is 34.9 Å². The van der Waals surface area contributed by atoms with Crippen LogP contribution in [0.15, 0.2) is 40.5 Å². The van der Waals surface area contributed by atoms with E-state index in [1.165, 1.54) is 35.1 Å². The number of amides is 1. The minimum atomic E-state index is -4.82.